The number of amides is 1. The number of hydrogen-bond donors (Lipinski definition) is 1. The Balaban J connectivity index is 1.81. The second-order valence-electron chi connectivity index (χ2n) is 6.71. The van der Waals surface area contributed by atoms with Crippen LogP contribution in [0.15, 0.2) is 60.7 Å². The summed E-state index contributed by atoms with van der Waals surface area (Å²) in [5.41, 5.74) is -0.470. The maximum Gasteiger partial charge on any atom is 0.433 e. The number of ether oxygens (including phenoxy) is 2. The van der Waals surface area contributed by atoms with Crippen LogP contribution in [0.1, 0.15) is 16.2 Å². The van der Waals surface area contributed by atoms with E-state index in [2.05, 4.69) is 15.4 Å². The van der Waals surface area contributed by atoms with Crippen molar-refractivity contribution >= 4 is 17.2 Å². The van der Waals surface area contributed by atoms with E-state index >= 15 is 0 Å². The fourth-order valence-corrected chi connectivity index (χ4v) is 3.15. The van der Waals surface area contributed by atoms with Gasteiger partial charge in [-0.25, -0.2) is 9.50 Å². The predicted octanol–water partition coefficient (Wildman–Crippen LogP) is 4.68. The van der Waals surface area contributed by atoms with Crippen molar-refractivity contribution in [3.05, 3.63) is 72.1 Å². The Morgan fingerprint density at radius 1 is 0.969 bits per heavy atom. The summed E-state index contributed by atoms with van der Waals surface area (Å²) in [4.78, 5) is 16.8. The third-order valence-corrected chi connectivity index (χ3v) is 4.66. The SMILES string of the molecule is COc1ccc(-c2cc(C(F)(F)F)n3nc(C(=O)Nc4ccccc4)cc3n2)cc1OC. The van der Waals surface area contributed by atoms with Gasteiger partial charge >= 0.3 is 6.18 Å². The molecule has 0 aliphatic carbocycles. The van der Waals surface area contributed by atoms with Gasteiger partial charge in [-0.05, 0) is 36.4 Å². The molecule has 1 N–H and O–H groups in total. The first-order valence-electron chi connectivity index (χ1n) is 9.37. The van der Waals surface area contributed by atoms with Crippen molar-refractivity contribution in [2.75, 3.05) is 19.5 Å². The molecule has 0 aliphatic rings. The molecule has 164 valence electrons. The molecule has 32 heavy (non-hydrogen) atoms. The summed E-state index contributed by atoms with van der Waals surface area (Å²) in [6.45, 7) is 0. The lowest BCUT2D eigenvalue weighted by atomic mass is 10.1. The van der Waals surface area contributed by atoms with Gasteiger partial charge in [-0.2, -0.15) is 18.3 Å². The van der Waals surface area contributed by atoms with E-state index in [9.17, 15) is 18.0 Å². The Hall–Kier alpha value is -4.08. The van der Waals surface area contributed by atoms with E-state index < -0.39 is 17.8 Å². The fraction of sp³-hybridized carbons (Fsp3) is 0.136. The minimum atomic E-state index is -4.73. The highest BCUT2D eigenvalue weighted by molar-refractivity contribution is 6.03. The van der Waals surface area contributed by atoms with Crippen LogP contribution in [-0.2, 0) is 6.18 Å². The number of anilines is 1. The number of methoxy groups -OCH3 is 2. The number of carbonyl (C=O) groups excluding carboxylic acids is 1. The zero-order chi connectivity index (χ0) is 22.9. The number of fused-ring (bicyclic) bond motifs is 1. The van der Waals surface area contributed by atoms with Gasteiger partial charge in [-0.3, -0.25) is 4.79 Å². The van der Waals surface area contributed by atoms with Gasteiger partial charge < -0.3 is 14.8 Å². The third kappa shape index (κ3) is 4.07. The molecule has 2 aromatic heterocycles. The highest BCUT2D eigenvalue weighted by Crippen LogP contribution is 2.35. The standard InChI is InChI=1S/C22H17F3N4O3/c1-31-17-9-8-13(10-18(17)32-2)15-11-19(22(23,24)25)29-20(27-15)12-16(28-29)21(30)26-14-6-4-3-5-7-14/h3-12H,1-2H3,(H,26,30). The van der Waals surface area contributed by atoms with E-state index in [-0.39, 0.29) is 17.0 Å². The van der Waals surface area contributed by atoms with E-state index in [1.807, 2.05) is 0 Å². The normalized spacial score (nSPS) is 11.4. The summed E-state index contributed by atoms with van der Waals surface area (Å²) < 4.78 is 52.4. The molecule has 0 atom stereocenters. The number of rotatable bonds is 5. The van der Waals surface area contributed by atoms with Gasteiger partial charge in [0, 0.05) is 17.3 Å². The minimum absolute atomic E-state index is 0.0423. The fourth-order valence-electron chi connectivity index (χ4n) is 3.15. The number of nitrogens with one attached hydrogen (secondary N) is 1. The molecule has 4 rings (SSSR count). The molecule has 0 radical (unpaired) electrons. The summed E-state index contributed by atoms with van der Waals surface area (Å²) in [6, 6.07) is 15.3. The number of hydrogen-bond acceptors (Lipinski definition) is 5. The second kappa shape index (κ2) is 8.22. The van der Waals surface area contributed by atoms with Gasteiger partial charge in [0.1, 0.15) is 0 Å². The molecule has 0 bridgehead atoms. The largest absolute Gasteiger partial charge is 0.493 e. The van der Waals surface area contributed by atoms with Gasteiger partial charge in [0.25, 0.3) is 5.91 Å². The minimum Gasteiger partial charge on any atom is -0.493 e. The van der Waals surface area contributed by atoms with Gasteiger partial charge in [-0.15, -0.1) is 0 Å². The molecule has 0 saturated carbocycles. The van der Waals surface area contributed by atoms with E-state index in [4.69, 9.17) is 9.47 Å². The average Bonchev–Trinajstić information content (AvgIpc) is 3.22. The monoisotopic (exact) mass is 442 g/mol. The average molecular weight is 442 g/mol. The highest BCUT2D eigenvalue weighted by atomic mass is 19.4. The molecule has 2 heterocycles. The van der Waals surface area contributed by atoms with Crippen LogP contribution in [0.2, 0.25) is 0 Å². The van der Waals surface area contributed by atoms with E-state index in [0.717, 1.165) is 6.07 Å². The topological polar surface area (TPSA) is 77.8 Å². The lowest BCUT2D eigenvalue weighted by Crippen LogP contribution is -2.15. The van der Waals surface area contributed by atoms with Crippen LogP contribution in [0.25, 0.3) is 16.9 Å². The van der Waals surface area contributed by atoms with Crippen molar-refractivity contribution in [3.63, 3.8) is 0 Å². The summed E-state index contributed by atoms with van der Waals surface area (Å²) in [5.74, 6) is 0.122. The molecule has 7 nitrogen and oxygen atoms in total. The number of carbonyl (C=O) groups is 1. The molecule has 0 unspecified atom stereocenters. The molecule has 1 amide bonds. The molecule has 0 fully saturated rings. The van der Waals surface area contributed by atoms with Crippen LogP contribution in [0.4, 0.5) is 18.9 Å². The van der Waals surface area contributed by atoms with Crippen molar-refractivity contribution in [1.29, 1.82) is 0 Å². The Morgan fingerprint density at radius 3 is 2.34 bits per heavy atom. The van der Waals surface area contributed by atoms with Crippen LogP contribution in [0, 0.1) is 0 Å². The lowest BCUT2D eigenvalue weighted by Gasteiger charge is -2.12. The van der Waals surface area contributed by atoms with E-state index in [0.29, 0.717) is 27.3 Å². The molecule has 0 spiro atoms. The zero-order valence-corrected chi connectivity index (χ0v) is 17.0. The molecule has 10 heteroatoms. The number of alkyl halides is 3. The first-order valence-corrected chi connectivity index (χ1v) is 9.37. The van der Waals surface area contributed by atoms with Gasteiger partial charge in [0.05, 0.1) is 19.9 Å². The summed E-state index contributed by atoms with van der Waals surface area (Å²) in [7, 11) is 2.88. The van der Waals surface area contributed by atoms with E-state index in [1.54, 1.807) is 42.5 Å². The molecule has 4 aromatic rings. The van der Waals surface area contributed by atoms with Crippen LogP contribution >= 0.6 is 0 Å². The number of halogens is 3. The maximum atomic E-state index is 13.8. The van der Waals surface area contributed by atoms with Crippen LogP contribution < -0.4 is 14.8 Å². The predicted molar refractivity (Wildman–Crippen MR) is 111 cm³/mol. The summed E-state index contributed by atoms with van der Waals surface area (Å²) >= 11 is 0. The van der Waals surface area contributed by atoms with Crippen LogP contribution in [-0.4, -0.2) is 34.7 Å². The molecule has 0 saturated heterocycles. The second-order valence-corrected chi connectivity index (χ2v) is 6.71. The van der Waals surface area contributed by atoms with Crippen LogP contribution in [0.5, 0.6) is 11.5 Å². The van der Waals surface area contributed by atoms with Crippen molar-refractivity contribution < 1.29 is 27.4 Å². The van der Waals surface area contributed by atoms with Gasteiger partial charge in [0.15, 0.2) is 28.5 Å². The highest BCUT2D eigenvalue weighted by Gasteiger charge is 2.35. The van der Waals surface area contributed by atoms with Crippen LogP contribution in [0.3, 0.4) is 0 Å². The molecule has 0 aliphatic heterocycles. The Kier molecular flexibility index (Phi) is 5.43. The summed E-state index contributed by atoms with van der Waals surface area (Å²) in [6.07, 6.45) is -4.73. The summed E-state index contributed by atoms with van der Waals surface area (Å²) in [5, 5.41) is 6.45. The van der Waals surface area contributed by atoms with Gasteiger partial charge in [0.2, 0.25) is 0 Å². The van der Waals surface area contributed by atoms with E-state index in [1.165, 1.54) is 26.4 Å². The lowest BCUT2D eigenvalue weighted by molar-refractivity contribution is -0.142. The molecular weight excluding hydrogens is 425 g/mol. The first-order chi connectivity index (χ1) is 15.3. The van der Waals surface area contributed by atoms with Crippen molar-refractivity contribution in [3.8, 4) is 22.8 Å². The Labute approximate surface area is 180 Å². The van der Waals surface area contributed by atoms with Crippen molar-refractivity contribution in [1.82, 2.24) is 14.6 Å². The number of para-hydroxylation sites is 1. The smallest absolute Gasteiger partial charge is 0.433 e. The number of nitrogens with zero attached hydrogens (tertiary/aromatic N) is 3. The Bertz CT molecular complexity index is 1290. The third-order valence-electron chi connectivity index (χ3n) is 4.66. The maximum absolute atomic E-state index is 13.8. The zero-order valence-electron chi connectivity index (χ0n) is 17.0. The molecular formula is C22H17F3N4O3. The number of aromatic nitrogens is 3. The van der Waals surface area contributed by atoms with Crippen molar-refractivity contribution in [2.24, 2.45) is 0 Å². The quantitative estimate of drug-likeness (QED) is 0.486. The van der Waals surface area contributed by atoms with Gasteiger partial charge in [-0.1, -0.05) is 18.2 Å². The first kappa shape index (κ1) is 21.2. The van der Waals surface area contributed by atoms with Crippen molar-refractivity contribution in [2.45, 2.75) is 6.18 Å². The number of benzene rings is 2. The molecule has 2 aromatic carbocycles. The Morgan fingerprint density at radius 2 is 1.69 bits per heavy atom.